The average Bonchev–Trinajstić information content (AvgIpc) is 2.92. The SMILES string of the molecule is COc1ccc(-n2c(O)c(C=C=CC=Cc3c(O)n(-c4ccc(OC)cc4)c(=O)[nH]c3=O)c(=O)[nH]c2=O)cc1. The second kappa shape index (κ2) is 11.1. The molecule has 0 bridgehead atoms. The maximum Gasteiger partial charge on any atom is 0.335 e. The summed E-state index contributed by atoms with van der Waals surface area (Å²) in [5.74, 6) is -0.130. The topological polar surface area (TPSA) is 169 Å². The van der Waals surface area contributed by atoms with E-state index in [0.29, 0.717) is 17.2 Å². The molecule has 2 heterocycles. The van der Waals surface area contributed by atoms with Crippen LogP contribution >= 0.6 is 0 Å². The van der Waals surface area contributed by atoms with Gasteiger partial charge in [-0.1, -0.05) is 6.08 Å². The molecule has 4 N–H and O–H groups in total. The van der Waals surface area contributed by atoms with Crippen LogP contribution in [-0.2, 0) is 0 Å². The van der Waals surface area contributed by atoms with E-state index in [2.05, 4.69) is 15.7 Å². The first-order valence-electron chi connectivity index (χ1n) is 11.3. The van der Waals surface area contributed by atoms with Crippen molar-refractivity contribution in [1.29, 1.82) is 0 Å². The van der Waals surface area contributed by atoms with Gasteiger partial charge < -0.3 is 19.7 Å². The van der Waals surface area contributed by atoms with Gasteiger partial charge in [0.25, 0.3) is 11.1 Å². The lowest BCUT2D eigenvalue weighted by Gasteiger charge is -2.10. The van der Waals surface area contributed by atoms with Crippen molar-refractivity contribution in [1.82, 2.24) is 19.1 Å². The van der Waals surface area contributed by atoms with Gasteiger partial charge in [0.2, 0.25) is 11.8 Å². The molecule has 4 rings (SSSR count). The number of ether oxygens (including phenoxy) is 2. The zero-order valence-electron chi connectivity index (χ0n) is 20.7. The van der Waals surface area contributed by atoms with Gasteiger partial charge in [0.05, 0.1) is 25.6 Å². The van der Waals surface area contributed by atoms with Gasteiger partial charge in [0.1, 0.15) is 22.6 Å². The molecule has 0 fully saturated rings. The fraction of sp³-hybridized carbons (Fsp3) is 0.0741. The molecule has 12 heteroatoms. The Morgan fingerprint density at radius 1 is 0.718 bits per heavy atom. The minimum Gasteiger partial charge on any atom is -0.497 e. The Bertz CT molecular complexity index is 1850. The van der Waals surface area contributed by atoms with E-state index in [1.807, 2.05) is 0 Å². The van der Waals surface area contributed by atoms with Gasteiger partial charge in [-0.25, -0.2) is 18.7 Å². The van der Waals surface area contributed by atoms with Crippen molar-refractivity contribution in [3.63, 3.8) is 0 Å². The van der Waals surface area contributed by atoms with Crippen LogP contribution in [0.3, 0.4) is 0 Å². The first-order valence-corrected chi connectivity index (χ1v) is 11.3. The molecule has 0 saturated heterocycles. The summed E-state index contributed by atoms with van der Waals surface area (Å²) in [5.41, 5.74) is -0.568. The number of rotatable bonds is 7. The highest BCUT2D eigenvalue weighted by Gasteiger charge is 2.15. The van der Waals surface area contributed by atoms with Gasteiger partial charge in [-0.05, 0) is 66.8 Å². The molecule has 0 aliphatic rings. The molecule has 0 unspecified atom stereocenters. The van der Waals surface area contributed by atoms with Crippen molar-refractivity contribution in [3.8, 4) is 34.6 Å². The molecule has 39 heavy (non-hydrogen) atoms. The standard InChI is InChI=1S/C27H22N4O8/c1-38-18-12-8-16(9-13-18)30-24(34)20(22(32)28-26(30)36)6-4-3-5-7-21-23(33)29-27(37)31(25(21)35)17-10-14-19(39-2)15-11-17/h3-4,6-15,34-35H,1-2H3,(H,28,32,36)(H,29,33,37). The Labute approximate surface area is 219 Å². The van der Waals surface area contributed by atoms with Crippen molar-refractivity contribution in [3.05, 3.63) is 119 Å². The van der Waals surface area contributed by atoms with E-state index in [0.717, 1.165) is 15.2 Å². The number of allylic oxidation sites excluding steroid dienone is 2. The Morgan fingerprint density at radius 3 is 1.62 bits per heavy atom. The Morgan fingerprint density at radius 2 is 1.15 bits per heavy atom. The molecule has 0 saturated carbocycles. The van der Waals surface area contributed by atoms with E-state index in [4.69, 9.17) is 9.47 Å². The van der Waals surface area contributed by atoms with Crippen LogP contribution in [0.25, 0.3) is 23.5 Å². The van der Waals surface area contributed by atoms with Crippen molar-refractivity contribution in [2.45, 2.75) is 0 Å². The van der Waals surface area contributed by atoms with Crippen LogP contribution in [0.15, 0.2) is 85.6 Å². The molecular formula is C27H22N4O8. The Balaban J connectivity index is 1.67. The predicted octanol–water partition coefficient (Wildman–Crippen LogP) is 1.68. The molecule has 0 spiro atoms. The summed E-state index contributed by atoms with van der Waals surface area (Å²) in [7, 11) is 2.97. The lowest BCUT2D eigenvalue weighted by Crippen LogP contribution is -2.30. The van der Waals surface area contributed by atoms with Crippen LogP contribution in [0.4, 0.5) is 0 Å². The van der Waals surface area contributed by atoms with Crippen LogP contribution in [0.2, 0.25) is 0 Å². The predicted molar refractivity (Wildman–Crippen MR) is 143 cm³/mol. The molecule has 0 radical (unpaired) electrons. The van der Waals surface area contributed by atoms with Gasteiger partial charge in [0.15, 0.2) is 0 Å². The van der Waals surface area contributed by atoms with E-state index in [9.17, 15) is 29.4 Å². The summed E-state index contributed by atoms with van der Waals surface area (Å²) in [6, 6.07) is 12.5. The molecule has 0 aliphatic carbocycles. The number of hydrogen-bond donors (Lipinski definition) is 4. The number of benzene rings is 2. The second-order valence-corrected chi connectivity index (χ2v) is 7.90. The van der Waals surface area contributed by atoms with Gasteiger partial charge >= 0.3 is 11.4 Å². The smallest absolute Gasteiger partial charge is 0.335 e. The number of aromatic nitrogens is 4. The summed E-state index contributed by atoms with van der Waals surface area (Å²) in [6.45, 7) is 0. The van der Waals surface area contributed by atoms with Gasteiger partial charge in [-0.3, -0.25) is 19.6 Å². The minimum absolute atomic E-state index is 0.211. The molecule has 12 nitrogen and oxygen atoms in total. The normalized spacial score (nSPS) is 10.7. The maximum absolute atomic E-state index is 12.3. The largest absolute Gasteiger partial charge is 0.497 e. The molecule has 2 aromatic carbocycles. The van der Waals surface area contributed by atoms with Crippen LogP contribution < -0.4 is 32.0 Å². The number of aromatic hydroxyl groups is 2. The summed E-state index contributed by atoms with van der Waals surface area (Å²) in [6.07, 6.45) is 4.99. The minimum atomic E-state index is -0.842. The Hall–Kier alpha value is -5.74. The first-order chi connectivity index (χ1) is 18.7. The van der Waals surface area contributed by atoms with Gasteiger partial charge in [-0.15, -0.1) is 5.73 Å². The number of nitrogens with one attached hydrogen (secondary N) is 2. The van der Waals surface area contributed by atoms with E-state index < -0.39 is 34.3 Å². The van der Waals surface area contributed by atoms with Crippen LogP contribution in [0.1, 0.15) is 11.1 Å². The number of hydrogen-bond acceptors (Lipinski definition) is 8. The molecule has 0 amide bonds. The van der Waals surface area contributed by atoms with Gasteiger partial charge in [-0.2, -0.15) is 0 Å². The van der Waals surface area contributed by atoms with E-state index in [1.54, 1.807) is 24.3 Å². The van der Waals surface area contributed by atoms with Crippen molar-refractivity contribution in [2.24, 2.45) is 0 Å². The zero-order chi connectivity index (χ0) is 28.1. The van der Waals surface area contributed by atoms with E-state index >= 15 is 0 Å². The summed E-state index contributed by atoms with van der Waals surface area (Å²) in [5, 5.41) is 21.3. The van der Waals surface area contributed by atoms with Crippen LogP contribution in [-0.4, -0.2) is 43.5 Å². The average molecular weight is 530 g/mol. The number of H-pyrrole nitrogens is 2. The number of methoxy groups -OCH3 is 2. The van der Waals surface area contributed by atoms with E-state index in [1.165, 1.54) is 56.7 Å². The van der Waals surface area contributed by atoms with Crippen molar-refractivity contribution >= 4 is 12.2 Å². The molecule has 4 aromatic rings. The number of nitrogens with zero attached hydrogens (tertiary/aromatic N) is 2. The van der Waals surface area contributed by atoms with Crippen molar-refractivity contribution in [2.75, 3.05) is 14.2 Å². The highest BCUT2D eigenvalue weighted by atomic mass is 16.5. The fourth-order valence-corrected chi connectivity index (χ4v) is 3.63. The first kappa shape index (κ1) is 26.3. The highest BCUT2D eigenvalue weighted by Crippen LogP contribution is 2.21. The molecule has 0 atom stereocenters. The van der Waals surface area contributed by atoms with Crippen LogP contribution in [0.5, 0.6) is 23.3 Å². The Kier molecular flexibility index (Phi) is 7.50. The number of aromatic amines is 2. The monoisotopic (exact) mass is 530 g/mol. The summed E-state index contributed by atoms with van der Waals surface area (Å²) in [4.78, 5) is 53.5. The third-order valence-electron chi connectivity index (χ3n) is 5.59. The molecule has 2 aromatic heterocycles. The summed E-state index contributed by atoms with van der Waals surface area (Å²) < 4.78 is 12.0. The quantitative estimate of drug-likeness (QED) is 0.207. The van der Waals surface area contributed by atoms with Crippen molar-refractivity contribution < 1.29 is 19.7 Å². The highest BCUT2D eigenvalue weighted by molar-refractivity contribution is 5.59. The molecule has 0 aliphatic heterocycles. The maximum atomic E-state index is 12.3. The van der Waals surface area contributed by atoms with Crippen LogP contribution in [0, 0.1) is 0 Å². The zero-order valence-corrected chi connectivity index (χ0v) is 20.7. The second-order valence-electron chi connectivity index (χ2n) is 7.90. The summed E-state index contributed by atoms with van der Waals surface area (Å²) >= 11 is 0. The molecular weight excluding hydrogens is 508 g/mol. The van der Waals surface area contributed by atoms with Gasteiger partial charge in [0, 0.05) is 0 Å². The lowest BCUT2D eigenvalue weighted by molar-refractivity contribution is 0.414. The molecule has 198 valence electrons. The fourth-order valence-electron chi connectivity index (χ4n) is 3.63. The third-order valence-corrected chi connectivity index (χ3v) is 5.59. The van der Waals surface area contributed by atoms with E-state index in [-0.39, 0.29) is 16.8 Å². The third kappa shape index (κ3) is 5.36. The lowest BCUT2D eigenvalue weighted by atomic mass is 10.2.